The lowest BCUT2D eigenvalue weighted by molar-refractivity contribution is -0.129. The van der Waals surface area contributed by atoms with Gasteiger partial charge in [-0.2, -0.15) is 0 Å². The standard InChI is InChI=1S/C15H31NO2/c1-5-9-16-14(12-13(3)4)15(18-6-2)7-10-17-11-8-15/h13-14,16H,5-12H2,1-4H3. The second kappa shape index (κ2) is 8.13. The summed E-state index contributed by atoms with van der Waals surface area (Å²) in [5.41, 5.74) is -0.00750. The zero-order valence-corrected chi connectivity index (χ0v) is 12.6. The molecule has 0 aliphatic carbocycles. The lowest BCUT2D eigenvalue weighted by atomic mass is 9.81. The molecule has 0 aromatic rings. The molecule has 0 aromatic heterocycles. The van der Waals surface area contributed by atoms with Crippen molar-refractivity contribution >= 4 is 0 Å². The number of hydrogen-bond donors (Lipinski definition) is 1. The van der Waals surface area contributed by atoms with Gasteiger partial charge in [-0.15, -0.1) is 0 Å². The van der Waals surface area contributed by atoms with E-state index in [0.717, 1.165) is 39.2 Å². The van der Waals surface area contributed by atoms with Gasteiger partial charge in [-0.1, -0.05) is 20.8 Å². The van der Waals surface area contributed by atoms with Crippen LogP contribution in [0.25, 0.3) is 0 Å². The summed E-state index contributed by atoms with van der Waals surface area (Å²) in [4.78, 5) is 0. The Kier molecular flexibility index (Phi) is 7.20. The predicted octanol–water partition coefficient (Wildman–Crippen LogP) is 2.99. The molecule has 0 bridgehead atoms. The van der Waals surface area contributed by atoms with E-state index in [0.29, 0.717) is 12.0 Å². The van der Waals surface area contributed by atoms with E-state index in [-0.39, 0.29) is 5.60 Å². The Bertz CT molecular complexity index is 207. The van der Waals surface area contributed by atoms with Gasteiger partial charge in [-0.25, -0.2) is 0 Å². The molecule has 1 N–H and O–H groups in total. The van der Waals surface area contributed by atoms with Crippen LogP contribution in [-0.4, -0.2) is 38.0 Å². The first kappa shape index (κ1) is 15.9. The van der Waals surface area contributed by atoms with Gasteiger partial charge >= 0.3 is 0 Å². The normalized spacial score (nSPS) is 21.2. The molecule has 108 valence electrons. The Morgan fingerprint density at radius 3 is 2.39 bits per heavy atom. The van der Waals surface area contributed by atoms with Crippen LogP contribution in [0.2, 0.25) is 0 Å². The molecule has 0 amide bonds. The van der Waals surface area contributed by atoms with Crippen LogP contribution < -0.4 is 5.32 Å². The maximum Gasteiger partial charge on any atom is 0.0878 e. The molecule has 1 atom stereocenters. The minimum absolute atomic E-state index is 0.00750. The Morgan fingerprint density at radius 1 is 1.22 bits per heavy atom. The maximum atomic E-state index is 6.19. The average molecular weight is 257 g/mol. The summed E-state index contributed by atoms with van der Waals surface area (Å²) in [6, 6.07) is 0.460. The van der Waals surface area contributed by atoms with Gasteiger partial charge < -0.3 is 14.8 Å². The molecule has 1 fully saturated rings. The summed E-state index contributed by atoms with van der Waals surface area (Å²) in [5, 5.41) is 3.72. The fourth-order valence-electron chi connectivity index (χ4n) is 2.87. The van der Waals surface area contributed by atoms with Crippen LogP contribution >= 0.6 is 0 Å². The first-order valence-electron chi connectivity index (χ1n) is 7.59. The first-order chi connectivity index (χ1) is 8.64. The molecule has 1 unspecified atom stereocenters. The quantitative estimate of drug-likeness (QED) is 0.725. The van der Waals surface area contributed by atoms with Crippen molar-refractivity contribution in [3.63, 3.8) is 0 Å². The maximum absolute atomic E-state index is 6.19. The average Bonchev–Trinajstić information content (AvgIpc) is 2.35. The van der Waals surface area contributed by atoms with Gasteiger partial charge in [0.05, 0.1) is 5.60 Å². The largest absolute Gasteiger partial charge is 0.381 e. The van der Waals surface area contributed by atoms with Crippen molar-refractivity contribution in [3.05, 3.63) is 0 Å². The fourth-order valence-corrected chi connectivity index (χ4v) is 2.87. The lowest BCUT2D eigenvalue weighted by Gasteiger charge is -2.44. The molecule has 3 heteroatoms. The number of rotatable bonds is 8. The van der Waals surface area contributed by atoms with E-state index in [4.69, 9.17) is 9.47 Å². The second-order valence-corrected chi connectivity index (χ2v) is 5.75. The third-order valence-electron chi connectivity index (χ3n) is 3.75. The van der Waals surface area contributed by atoms with Gasteiger partial charge in [0.2, 0.25) is 0 Å². The van der Waals surface area contributed by atoms with Crippen LogP contribution in [0, 0.1) is 5.92 Å². The molecule has 1 aliphatic heterocycles. The highest BCUT2D eigenvalue weighted by Crippen LogP contribution is 2.32. The Labute approximate surface area is 113 Å². The van der Waals surface area contributed by atoms with Crippen molar-refractivity contribution in [2.24, 2.45) is 5.92 Å². The Morgan fingerprint density at radius 2 is 1.89 bits per heavy atom. The van der Waals surface area contributed by atoms with Crippen LogP contribution in [0.3, 0.4) is 0 Å². The molecule has 0 radical (unpaired) electrons. The summed E-state index contributed by atoms with van der Waals surface area (Å²) in [6.07, 6.45) is 4.40. The molecule has 1 heterocycles. The van der Waals surface area contributed by atoms with Crippen molar-refractivity contribution in [3.8, 4) is 0 Å². The van der Waals surface area contributed by atoms with Crippen molar-refractivity contribution in [1.29, 1.82) is 0 Å². The number of hydrogen-bond acceptors (Lipinski definition) is 3. The van der Waals surface area contributed by atoms with Crippen molar-refractivity contribution in [2.45, 2.75) is 65.0 Å². The van der Waals surface area contributed by atoms with Gasteiger partial charge in [-0.05, 0) is 32.2 Å². The van der Waals surface area contributed by atoms with E-state index < -0.39 is 0 Å². The van der Waals surface area contributed by atoms with Crippen LogP contribution in [0.5, 0.6) is 0 Å². The van der Waals surface area contributed by atoms with Gasteiger partial charge in [0.15, 0.2) is 0 Å². The lowest BCUT2D eigenvalue weighted by Crippen LogP contribution is -2.56. The highest BCUT2D eigenvalue weighted by atomic mass is 16.5. The molecule has 3 nitrogen and oxygen atoms in total. The zero-order valence-electron chi connectivity index (χ0n) is 12.6. The van der Waals surface area contributed by atoms with Crippen molar-refractivity contribution in [2.75, 3.05) is 26.4 Å². The van der Waals surface area contributed by atoms with Crippen LogP contribution in [-0.2, 0) is 9.47 Å². The van der Waals surface area contributed by atoms with E-state index in [2.05, 4.69) is 33.0 Å². The van der Waals surface area contributed by atoms with Crippen LogP contribution in [0.4, 0.5) is 0 Å². The van der Waals surface area contributed by atoms with Gasteiger partial charge in [0.1, 0.15) is 0 Å². The molecule has 0 saturated carbocycles. The Hall–Kier alpha value is -0.120. The molecule has 1 aliphatic rings. The third-order valence-corrected chi connectivity index (χ3v) is 3.75. The monoisotopic (exact) mass is 257 g/mol. The second-order valence-electron chi connectivity index (χ2n) is 5.75. The topological polar surface area (TPSA) is 30.5 Å². The minimum Gasteiger partial charge on any atom is -0.381 e. The van der Waals surface area contributed by atoms with E-state index in [1.54, 1.807) is 0 Å². The first-order valence-corrected chi connectivity index (χ1v) is 7.59. The highest BCUT2D eigenvalue weighted by Gasteiger charge is 2.40. The minimum atomic E-state index is -0.00750. The third kappa shape index (κ3) is 4.52. The molecule has 1 rings (SSSR count). The Balaban J connectivity index is 2.73. The van der Waals surface area contributed by atoms with Gasteiger partial charge in [0.25, 0.3) is 0 Å². The van der Waals surface area contributed by atoms with E-state index >= 15 is 0 Å². The number of ether oxygens (including phenoxy) is 2. The number of nitrogens with one attached hydrogen (secondary N) is 1. The van der Waals surface area contributed by atoms with Gasteiger partial charge in [-0.3, -0.25) is 0 Å². The summed E-state index contributed by atoms with van der Waals surface area (Å²) in [5.74, 6) is 0.694. The SMILES string of the molecule is CCCNC(CC(C)C)C1(OCC)CCOCC1. The van der Waals surface area contributed by atoms with Crippen LogP contribution in [0.1, 0.15) is 53.4 Å². The summed E-state index contributed by atoms with van der Waals surface area (Å²) < 4.78 is 11.7. The molecule has 0 spiro atoms. The molecular weight excluding hydrogens is 226 g/mol. The molecule has 1 saturated heterocycles. The molecule has 18 heavy (non-hydrogen) atoms. The van der Waals surface area contributed by atoms with Crippen molar-refractivity contribution in [1.82, 2.24) is 5.32 Å². The predicted molar refractivity (Wildman–Crippen MR) is 75.9 cm³/mol. The highest BCUT2D eigenvalue weighted by molar-refractivity contribution is 4.95. The smallest absolute Gasteiger partial charge is 0.0878 e. The summed E-state index contributed by atoms with van der Waals surface area (Å²) >= 11 is 0. The van der Waals surface area contributed by atoms with Crippen molar-refractivity contribution < 1.29 is 9.47 Å². The molecule has 0 aromatic carbocycles. The van der Waals surface area contributed by atoms with E-state index in [1.165, 1.54) is 12.8 Å². The van der Waals surface area contributed by atoms with E-state index in [9.17, 15) is 0 Å². The van der Waals surface area contributed by atoms with E-state index in [1.807, 2.05) is 0 Å². The summed E-state index contributed by atoms with van der Waals surface area (Å²) in [6.45, 7) is 12.4. The molecular formula is C15H31NO2. The zero-order chi connectivity index (χ0) is 13.4. The van der Waals surface area contributed by atoms with Crippen LogP contribution in [0.15, 0.2) is 0 Å². The summed E-state index contributed by atoms with van der Waals surface area (Å²) in [7, 11) is 0. The van der Waals surface area contributed by atoms with Gasteiger partial charge in [0, 0.05) is 38.7 Å². The fraction of sp³-hybridized carbons (Fsp3) is 1.00.